The number of aryl methyl sites for hydroxylation is 1. The molecule has 0 bridgehead atoms. The van der Waals surface area contributed by atoms with Crippen LogP contribution in [0.2, 0.25) is 0 Å². The highest BCUT2D eigenvalue weighted by molar-refractivity contribution is 9.10. The Morgan fingerprint density at radius 1 is 1.37 bits per heavy atom. The number of aromatic nitrogens is 2. The molecule has 0 spiro atoms. The van der Waals surface area contributed by atoms with Crippen LogP contribution in [0.1, 0.15) is 25.3 Å². The van der Waals surface area contributed by atoms with Gasteiger partial charge in [-0.1, -0.05) is 41.0 Å². The van der Waals surface area contributed by atoms with Crippen LogP contribution in [0.5, 0.6) is 0 Å². The van der Waals surface area contributed by atoms with Crippen molar-refractivity contribution < 1.29 is 4.52 Å². The molecule has 0 fully saturated rings. The normalized spacial score (nSPS) is 12.9. The number of hydrogen-bond acceptors (Lipinski definition) is 4. The van der Waals surface area contributed by atoms with Crippen molar-refractivity contribution in [2.75, 3.05) is 0 Å². The minimum Gasteiger partial charge on any atom is -0.339 e. The molecule has 0 radical (unpaired) electrons. The molecule has 1 aromatic heterocycles. The van der Waals surface area contributed by atoms with Crippen LogP contribution in [0.3, 0.4) is 0 Å². The van der Waals surface area contributed by atoms with E-state index in [0.717, 1.165) is 10.0 Å². The molecule has 2 rings (SSSR count). The second kappa shape index (κ2) is 5.84. The van der Waals surface area contributed by atoms with E-state index >= 15 is 0 Å². The SMILES string of the molecule is Cc1ccc(-c2noc(CC(N)C(C)C)n2)c(Br)c1. The quantitative estimate of drug-likeness (QED) is 0.937. The highest BCUT2D eigenvalue weighted by atomic mass is 79.9. The molecule has 0 aliphatic heterocycles. The third kappa shape index (κ3) is 3.42. The van der Waals surface area contributed by atoms with Gasteiger partial charge in [-0.05, 0) is 30.5 Å². The molecular weight excluding hydrogens is 306 g/mol. The van der Waals surface area contributed by atoms with Gasteiger partial charge in [0.05, 0.1) is 0 Å². The second-order valence-corrected chi connectivity index (χ2v) is 5.96. The summed E-state index contributed by atoms with van der Waals surface area (Å²) in [6.07, 6.45) is 0.605. The first kappa shape index (κ1) is 14.2. The van der Waals surface area contributed by atoms with Crippen LogP contribution in [0, 0.1) is 12.8 Å². The van der Waals surface area contributed by atoms with Crippen LogP contribution < -0.4 is 5.73 Å². The Labute approximate surface area is 121 Å². The Balaban J connectivity index is 2.21. The fourth-order valence-corrected chi connectivity index (χ4v) is 2.36. The summed E-state index contributed by atoms with van der Waals surface area (Å²) in [5, 5.41) is 4.02. The number of hydrogen-bond donors (Lipinski definition) is 1. The van der Waals surface area contributed by atoms with Gasteiger partial charge in [0.1, 0.15) is 0 Å². The Kier molecular flexibility index (Phi) is 4.37. The zero-order chi connectivity index (χ0) is 14.0. The predicted molar refractivity (Wildman–Crippen MR) is 78.7 cm³/mol. The third-order valence-corrected chi connectivity index (χ3v) is 3.76. The van der Waals surface area contributed by atoms with Gasteiger partial charge in [0.2, 0.25) is 11.7 Å². The first-order valence-corrected chi connectivity index (χ1v) is 7.11. The summed E-state index contributed by atoms with van der Waals surface area (Å²) in [7, 11) is 0. The maximum absolute atomic E-state index is 6.01. The minimum absolute atomic E-state index is 0.0368. The average Bonchev–Trinajstić information content (AvgIpc) is 2.77. The molecule has 5 heteroatoms. The van der Waals surface area contributed by atoms with Gasteiger partial charge in [0.25, 0.3) is 0 Å². The van der Waals surface area contributed by atoms with Crippen LogP contribution in [0.15, 0.2) is 27.2 Å². The van der Waals surface area contributed by atoms with E-state index in [-0.39, 0.29) is 6.04 Å². The molecule has 4 nitrogen and oxygen atoms in total. The summed E-state index contributed by atoms with van der Waals surface area (Å²) in [4.78, 5) is 4.41. The van der Waals surface area contributed by atoms with Gasteiger partial charge in [-0.3, -0.25) is 0 Å². The molecule has 0 saturated carbocycles. The van der Waals surface area contributed by atoms with E-state index in [2.05, 4.69) is 39.9 Å². The van der Waals surface area contributed by atoms with Crippen molar-refractivity contribution in [2.24, 2.45) is 11.7 Å². The van der Waals surface area contributed by atoms with E-state index in [1.165, 1.54) is 5.56 Å². The van der Waals surface area contributed by atoms with Gasteiger partial charge < -0.3 is 10.3 Å². The fourth-order valence-electron chi connectivity index (χ4n) is 1.69. The largest absolute Gasteiger partial charge is 0.339 e. The van der Waals surface area contributed by atoms with E-state index < -0.39 is 0 Å². The highest BCUT2D eigenvalue weighted by Crippen LogP contribution is 2.27. The molecule has 19 heavy (non-hydrogen) atoms. The molecule has 2 aromatic rings. The second-order valence-electron chi connectivity index (χ2n) is 5.11. The lowest BCUT2D eigenvalue weighted by Crippen LogP contribution is -2.28. The van der Waals surface area contributed by atoms with Crippen molar-refractivity contribution in [3.05, 3.63) is 34.1 Å². The summed E-state index contributed by atoms with van der Waals surface area (Å²) in [6.45, 7) is 6.20. The summed E-state index contributed by atoms with van der Waals surface area (Å²) in [5.74, 6) is 1.57. The Bertz CT molecular complexity index is 566. The Morgan fingerprint density at radius 2 is 2.11 bits per heavy atom. The van der Waals surface area contributed by atoms with Crippen LogP contribution in [0.25, 0.3) is 11.4 Å². The van der Waals surface area contributed by atoms with Gasteiger partial charge >= 0.3 is 0 Å². The van der Waals surface area contributed by atoms with E-state index in [9.17, 15) is 0 Å². The van der Waals surface area contributed by atoms with Gasteiger partial charge in [0.15, 0.2) is 0 Å². The molecule has 0 aliphatic carbocycles. The predicted octanol–water partition coefficient (Wildman–Crippen LogP) is 3.33. The van der Waals surface area contributed by atoms with E-state index in [0.29, 0.717) is 24.1 Å². The third-order valence-electron chi connectivity index (χ3n) is 3.10. The van der Waals surface area contributed by atoms with Crippen molar-refractivity contribution in [1.82, 2.24) is 10.1 Å². The van der Waals surface area contributed by atoms with Crippen molar-refractivity contribution in [1.29, 1.82) is 0 Å². The molecule has 0 aliphatic rings. The average molecular weight is 324 g/mol. The molecular formula is C14H18BrN3O. The molecule has 1 aromatic carbocycles. The first-order chi connectivity index (χ1) is 8.97. The fraction of sp³-hybridized carbons (Fsp3) is 0.429. The maximum atomic E-state index is 6.01. The van der Waals surface area contributed by atoms with Gasteiger partial charge in [0, 0.05) is 22.5 Å². The lowest BCUT2D eigenvalue weighted by Gasteiger charge is -2.11. The van der Waals surface area contributed by atoms with Crippen LogP contribution in [-0.2, 0) is 6.42 Å². The summed E-state index contributed by atoms with van der Waals surface area (Å²) < 4.78 is 6.23. The van der Waals surface area contributed by atoms with Crippen LogP contribution in [0.4, 0.5) is 0 Å². The lowest BCUT2D eigenvalue weighted by molar-refractivity contribution is 0.353. The molecule has 0 amide bonds. The number of nitrogens with zero attached hydrogens (tertiary/aromatic N) is 2. The molecule has 102 valence electrons. The summed E-state index contributed by atoms with van der Waals surface area (Å²) >= 11 is 3.52. The van der Waals surface area contributed by atoms with Crippen molar-refractivity contribution in [3.8, 4) is 11.4 Å². The van der Waals surface area contributed by atoms with Crippen molar-refractivity contribution in [3.63, 3.8) is 0 Å². The maximum Gasteiger partial charge on any atom is 0.228 e. The molecule has 0 saturated heterocycles. The molecule has 1 unspecified atom stereocenters. The molecule has 1 atom stereocenters. The smallest absolute Gasteiger partial charge is 0.228 e. The first-order valence-electron chi connectivity index (χ1n) is 6.32. The van der Waals surface area contributed by atoms with Crippen molar-refractivity contribution >= 4 is 15.9 Å². The monoisotopic (exact) mass is 323 g/mol. The number of rotatable bonds is 4. The topological polar surface area (TPSA) is 64.9 Å². The number of benzene rings is 1. The van der Waals surface area contributed by atoms with E-state index in [4.69, 9.17) is 10.3 Å². The van der Waals surface area contributed by atoms with Crippen molar-refractivity contribution in [2.45, 2.75) is 33.2 Å². The van der Waals surface area contributed by atoms with Gasteiger partial charge in [-0.15, -0.1) is 0 Å². The zero-order valence-electron chi connectivity index (χ0n) is 11.4. The van der Waals surface area contributed by atoms with Gasteiger partial charge in [-0.25, -0.2) is 0 Å². The van der Waals surface area contributed by atoms with Crippen LogP contribution in [-0.4, -0.2) is 16.2 Å². The number of halogens is 1. The zero-order valence-corrected chi connectivity index (χ0v) is 12.9. The standard InChI is InChI=1S/C14H18BrN3O/c1-8(2)12(16)7-13-17-14(18-19-13)10-5-4-9(3)6-11(10)15/h4-6,8,12H,7,16H2,1-3H3. The Hall–Kier alpha value is -1.20. The van der Waals surface area contributed by atoms with Gasteiger partial charge in [-0.2, -0.15) is 4.98 Å². The van der Waals surface area contributed by atoms with Crippen LogP contribution >= 0.6 is 15.9 Å². The van der Waals surface area contributed by atoms with E-state index in [1.807, 2.05) is 25.1 Å². The summed E-state index contributed by atoms with van der Waals surface area (Å²) in [5.41, 5.74) is 8.12. The molecule has 1 heterocycles. The Morgan fingerprint density at radius 3 is 2.74 bits per heavy atom. The minimum atomic E-state index is 0.0368. The highest BCUT2D eigenvalue weighted by Gasteiger charge is 2.16. The molecule has 2 N–H and O–H groups in total. The number of nitrogens with two attached hydrogens (primary N) is 1. The van der Waals surface area contributed by atoms with E-state index in [1.54, 1.807) is 0 Å². The lowest BCUT2D eigenvalue weighted by atomic mass is 10.0. The summed E-state index contributed by atoms with van der Waals surface area (Å²) in [6, 6.07) is 6.08.